The summed E-state index contributed by atoms with van der Waals surface area (Å²) in [4.78, 5) is 0. The van der Waals surface area contributed by atoms with Gasteiger partial charge in [-0.15, -0.1) is 0 Å². The number of allylic oxidation sites excluding steroid dienone is 1. The molecule has 8 unspecified atom stereocenters. The topological polar surface area (TPSA) is 132 Å². The molecule has 0 aromatic heterocycles. The third-order valence-corrected chi connectivity index (χ3v) is 9.69. The summed E-state index contributed by atoms with van der Waals surface area (Å²) >= 11 is 0. The predicted octanol–water partition coefficient (Wildman–Crippen LogP) is 7.28. The van der Waals surface area contributed by atoms with Crippen LogP contribution >= 0.6 is 0 Å². The Morgan fingerprint density at radius 1 is 0.896 bits per heavy atom. The quantitative estimate of drug-likeness (QED) is 0.0782. The van der Waals surface area contributed by atoms with Crippen molar-refractivity contribution in [2.24, 2.45) is 17.4 Å². The van der Waals surface area contributed by atoms with Gasteiger partial charge >= 0.3 is 0 Å². The van der Waals surface area contributed by atoms with E-state index in [-0.39, 0.29) is 24.7 Å². The van der Waals surface area contributed by atoms with Gasteiger partial charge in [0, 0.05) is 5.70 Å². The number of aryl methyl sites for hydroxylation is 2. The third-order valence-electron chi connectivity index (χ3n) is 9.69. The molecule has 8 atom stereocenters. The lowest BCUT2D eigenvalue weighted by Crippen LogP contribution is -2.64. The van der Waals surface area contributed by atoms with E-state index in [1.165, 1.54) is 49.7 Å². The van der Waals surface area contributed by atoms with Crippen molar-refractivity contribution in [3.8, 4) is 11.5 Å². The van der Waals surface area contributed by atoms with Crippen LogP contribution in [0.25, 0.3) is 0 Å². The summed E-state index contributed by atoms with van der Waals surface area (Å²) in [6, 6.07) is 15.0. The number of benzene rings is 2. The largest absolute Gasteiger partial charge is 0.457 e. The van der Waals surface area contributed by atoms with Crippen LogP contribution in [-0.2, 0) is 15.9 Å². The third kappa shape index (κ3) is 13.4. The highest BCUT2D eigenvalue weighted by molar-refractivity contribution is 5.34. The fourth-order valence-electron chi connectivity index (χ4n) is 6.49. The molecule has 7 N–H and O–H groups in total. The second kappa shape index (κ2) is 21.6. The van der Waals surface area contributed by atoms with Crippen molar-refractivity contribution < 1.29 is 24.4 Å². The normalized spacial score (nSPS) is 23.0. The minimum absolute atomic E-state index is 0.0943. The molecule has 0 radical (unpaired) electrons. The highest BCUT2D eigenvalue weighted by Gasteiger charge is 2.42. The van der Waals surface area contributed by atoms with Crippen LogP contribution in [0.4, 0.5) is 0 Å². The van der Waals surface area contributed by atoms with E-state index in [9.17, 15) is 10.2 Å². The fourth-order valence-corrected chi connectivity index (χ4v) is 6.49. The van der Waals surface area contributed by atoms with Gasteiger partial charge in [0.15, 0.2) is 6.29 Å². The van der Waals surface area contributed by atoms with Crippen LogP contribution in [0.3, 0.4) is 0 Å². The molecule has 48 heavy (non-hydrogen) atoms. The number of hydrogen-bond acceptors (Lipinski definition) is 8. The zero-order valence-electron chi connectivity index (χ0n) is 30.1. The monoisotopic (exact) mass is 667 g/mol. The SMILES string of the molecule is C=C(CCCCCCCCCCc1ccc(Oc2ccc(C)cc2)cc1)NC(COC1OC(CC)C(N)C(O)C1N)C(O)C(C)CCC. The molecule has 1 aliphatic rings. The van der Waals surface area contributed by atoms with Gasteiger partial charge in [-0.3, -0.25) is 0 Å². The van der Waals surface area contributed by atoms with Crippen molar-refractivity contribution in [2.45, 2.75) is 154 Å². The molecule has 1 saturated heterocycles. The van der Waals surface area contributed by atoms with Crippen molar-refractivity contribution in [1.29, 1.82) is 0 Å². The summed E-state index contributed by atoms with van der Waals surface area (Å²) < 4.78 is 18.0. The zero-order valence-corrected chi connectivity index (χ0v) is 30.1. The Morgan fingerprint density at radius 3 is 2.08 bits per heavy atom. The minimum Gasteiger partial charge on any atom is -0.457 e. The second-order valence-electron chi connectivity index (χ2n) is 13.9. The molecule has 0 bridgehead atoms. The predicted molar refractivity (Wildman–Crippen MR) is 196 cm³/mol. The lowest BCUT2D eigenvalue weighted by molar-refractivity contribution is -0.235. The van der Waals surface area contributed by atoms with E-state index in [0.29, 0.717) is 6.42 Å². The van der Waals surface area contributed by atoms with Gasteiger partial charge in [0.1, 0.15) is 11.5 Å². The second-order valence-corrected chi connectivity index (χ2v) is 13.9. The molecule has 2 aromatic rings. The lowest BCUT2D eigenvalue weighted by Gasteiger charge is -2.42. The maximum Gasteiger partial charge on any atom is 0.175 e. The zero-order chi connectivity index (χ0) is 34.9. The minimum atomic E-state index is -0.909. The molecule has 1 aliphatic heterocycles. The van der Waals surface area contributed by atoms with Gasteiger partial charge in [-0.1, -0.05) is 102 Å². The van der Waals surface area contributed by atoms with Crippen molar-refractivity contribution >= 4 is 0 Å². The molecular weight excluding hydrogens is 602 g/mol. The maximum atomic E-state index is 11.2. The number of unbranched alkanes of at least 4 members (excludes halogenated alkanes) is 7. The Morgan fingerprint density at radius 2 is 1.48 bits per heavy atom. The van der Waals surface area contributed by atoms with E-state index < -0.39 is 30.6 Å². The molecule has 8 nitrogen and oxygen atoms in total. The van der Waals surface area contributed by atoms with E-state index in [1.807, 2.05) is 19.1 Å². The Bertz CT molecular complexity index is 1160. The van der Waals surface area contributed by atoms with Gasteiger partial charge < -0.3 is 41.2 Å². The average molecular weight is 668 g/mol. The van der Waals surface area contributed by atoms with Crippen molar-refractivity contribution in [3.05, 3.63) is 71.9 Å². The lowest BCUT2D eigenvalue weighted by atomic mass is 9.93. The van der Waals surface area contributed by atoms with E-state index in [0.717, 1.165) is 55.7 Å². The van der Waals surface area contributed by atoms with Crippen molar-refractivity contribution in [3.63, 3.8) is 0 Å². The number of ether oxygens (including phenoxy) is 3. The van der Waals surface area contributed by atoms with E-state index in [1.54, 1.807) is 0 Å². The summed E-state index contributed by atoms with van der Waals surface area (Å²) in [5.41, 5.74) is 15.8. The van der Waals surface area contributed by atoms with Crippen LogP contribution in [0.2, 0.25) is 0 Å². The highest BCUT2D eigenvalue weighted by atomic mass is 16.7. The Kier molecular flexibility index (Phi) is 18.0. The average Bonchev–Trinajstić information content (AvgIpc) is 3.08. The summed E-state index contributed by atoms with van der Waals surface area (Å²) in [5.74, 6) is 1.84. The summed E-state index contributed by atoms with van der Waals surface area (Å²) in [6.07, 6.45) is 11.6. The number of rotatable bonds is 23. The molecule has 1 heterocycles. The van der Waals surface area contributed by atoms with Gasteiger partial charge in [-0.25, -0.2) is 0 Å². The van der Waals surface area contributed by atoms with E-state index >= 15 is 0 Å². The molecular formula is C40H65N3O5. The summed E-state index contributed by atoms with van der Waals surface area (Å²) in [5, 5.41) is 25.1. The van der Waals surface area contributed by atoms with Crippen molar-refractivity contribution in [1.82, 2.24) is 5.32 Å². The van der Waals surface area contributed by atoms with Crippen LogP contribution in [0, 0.1) is 12.8 Å². The van der Waals surface area contributed by atoms with Crippen LogP contribution in [0.5, 0.6) is 11.5 Å². The molecule has 8 heteroatoms. The highest BCUT2D eigenvalue weighted by Crippen LogP contribution is 2.24. The maximum absolute atomic E-state index is 11.2. The van der Waals surface area contributed by atoms with Crippen molar-refractivity contribution in [2.75, 3.05) is 6.61 Å². The smallest absolute Gasteiger partial charge is 0.175 e. The standard InChI is InChI=1S/C40H65N3O5/c1-6-16-29(4)38(44)34(27-46-40-37(42)39(45)36(41)35(7-2)48-40)43-30(5)17-14-12-10-8-9-11-13-15-18-31-21-25-33(26-22-31)47-32-23-19-28(3)20-24-32/h19-26,29,34-40,43-45H,5-18,27,41-42H2,1-4H3. The van der Waals surface area contributed by atoms with Gasteiger partial charge in [-0.05, 0) is 81.2 Å². The first-order valence-electron chi connectivity index (χ1n) is 18.5. The van der Waals surface area contributed by atoms with E-state index in [4.69, 9.17) is 25.7 Å². The van der Waals surface area contributed by atoms with Gasteiger partial charge in [0.05, 0.1) is 43.0 Å². The molecule has 3 rings (SSSR count). The fraction of sp³-hybridized carbons (Fsp3) is 0.650. The number of nitrogens with two attached hydrogens (primary N) is 2. The Hall–Kier alpha value is -2.46. The van der Waals surface area contributed by atoms with Crippen LogP contribution < -0.4 is 21.5 Å². The molecule has 270 valence electrons. The molecule has 0 spiro atoms. The number of aliphatic hydroxyl groups excluding tert-OH is 2. The molecule has 0 amide bonds. The number of aliphatic hydroxyl groups is 2. The first-order valence-corrected chi connectivity index (χ1v) is 18.5. The molecule has 0 aliphatic carbocycles. The van der Waals surface area contributed by atoms with Gasteiger partial charge in [-0.2, -0.15) is 0 Å². The van der Waals surface area contributed by atoms with Gasteiger partial charge in [0.25, 0.3) is 0 Å². The summed E-state index contributed by atoms with van der Waals surface area (Å²) in [7, 11) is 0. The number of nitrogens with one attached hydrogen (secondary N) is 1. The van der Waals surface area contributed by atoms with Gasteiger partial charge in [0.2, 0.25) is 0 Å². The van der Waals surface area contributed by atoms with Crippen LogP contribution in [0.15, 0.2) is 60.8 Å². The Balaban J connectivity index is 1.28. The van der Waals surface area contributed by atoms with Crippen LogP contribution in [-0.4, -0.2) is 59.5 Å². The number of hydrogen-bond donors (Lipinski definition) is 5. The molecule has 1 fully saturated rings. The Labute approximate surface area is 290 Å². The van der Waals surface area contributed by atoms with E-state index in [2.05, 4.69) is 69.1 Å². The van der Waals surface area contributed by atoms with Crippen LogP contribution in [0.1, 0.15) is 109 Å². The first-order chi connectivity index (χ1) is 23.1. The molecule has 2 aromatic carbocycles. The first kappa shape index (κ1) is 40.0. The summed E-state index contributed by atoms with van der Waals surface area (Å²) in [6.45, 7) is 12.7. The molecule has 0 saturated carbocycles.